The van der Waals surface area contributed by atoms with Gasteiger partial charge in [0, 0.05) is 19.5 Å². The summed E-state index contributed by atoms with van der Waals surface area (Å²) in [6.07, 6.45) is 3.84. The van der Waals surface area contributed by atoms with E-state index in [0.29, 0.717) is 25.9 Å². The van der Waals surface area contributed by atoms with E-state index in [4.69, 9.17) is 0 Å². The third kappa shape index (κ3) is 6.43. The fourth-order valence-corrected chi connectivity index (χ4v) is 2.61. The minimum atomic E-state index is -0.372. The minimum absolute atomic E-state index is 0.0317. The summed E-state index contributed by atoms with van der Waals surface area (Å²) in [5, 5.41) is 2.96. The van der Waals surface area contributed by atoms with E-state index in [1.54, 1.807) is 4.90 Å². The van der Waals surface area contributed by atoms with Gasteiger partial charge in [0.1, 0.15) is 6.04 Å². The van der Waals surface area contributed by atoms with Crippen LogP contribution in [-0.2, 0) is 16.0 Å². The Morgan fingerprint density at radius 3 is 2.39 bits per heavy atom. The summed E-state index contributed by atoms with van der Waals surface area (Å²) in [7, 11) is 0. The summed E-state index contributed by atoms with van der Waals surface area (Å²) >= 11 is 0. The van der Waals surface area contributed by atoms with Crippen molar-refractivity contribution in [3.63, 3.8) is 0 Å². The molecule has 4 heteroatoms. The molecule has 0 aromatic heterocycles. The van der Waals surface area contributed by atoms with Crippen molar-refractivity contribution >= 4 is 11.8 Å². The fraction of sp³-hybridized carbons (Fsp3) is 0.579. The second kappa shape index (κ2) is 10.8. The van der Waals surface area contributed by atoms with E-state index in [0.717, 1.165) is 19.3 Å². The minimum Gasteiger partial charge on any atom is -0.354 e. The van der Waals surface area contributed by atoms with Crippen molar-refractivity contribution < 1.29 is 9.59 Å². The standard InChI is InChI=1S/C19H30N2O2/c1-4-7-14-20-19(23)17(5-2)21(18(22)6-3)15-13-16-11-9-8-10-12-16/h8-12,17H,4-7,13-15H2,1-3H3,(H,20,23). The summed E-state index contributed by atoms with van der Waals surface area (Å²) < 4.78 is 0. The Kier molecular flexibility index (Phi) is 9.03. The summed E-state index contributed by atoms with van der Waals surface area (Å²) in [4.78, 5) is 26.5. The molecule has 1 rings (SSSR count). The lowest BCUT2D eigenvalue weighted by molar-refractivity contribution is -0.140. The van der Waals surface area contributed by atoms with Crippen molar-refractivity contribution in [2.24, 2.45) is 0 Å². The van der Waals surface area contributed by atoms with Crippen LogP contribution in [0.2, 0.25) is 0 Å². The van der Waals surface area contributed by atoms with Gasteiger partial charge in [0.25, 0.3) is 0 Å². The second-order valence-corrected chi connectivity index (χ2v) is 5.74. The Hall–Kier alpha value is -1.84. The highest BCUT2D eigenvalue weighted by Crippen LogP contribution is 2.10. The molecule has 1 atom stereocenters. The van der Waals surface area contributed by atoms with Gasteiger partial charge in [0.2, 0.25) is 11.8 Å². The number of carbonyl (C=O) groups excluding carboxylic acids is 2. The number of hydrogen-bond donors (Lipinski definition) is 1. The van der Waals surface area contributed by atoms with Gasteiger partial charge in [-0.25, -0.2) is 0 Å². The van der Waals surface area contributed by atoms with Crippen LogP contribution >= 0.6 is 0 Å². The van der Waals surface area contributed by atoms with Crippen LogP contribution < -0.4 is 5.32 Å². The first-order valence-electron chi connectivity index (χ1n) is 8.75. The number of nitrogens with one attached hydrogen (secondary N) is 1. The van der Waals surface area contributed by atoms with Crippen molar-refractivity contribution in [3.8, 4) is 0 Å². The maximum Gasteiger partial charge on any atom is 0.242 e. The van der Waals surface area contributed by atoms with Gasteiger partial charge in [-0.3, -0.25) is 9.59 Å². The Morgan fingerprint density at radius 2 is 1.83 bits per heavy atom. The zero-order valence-corrected chi connectivity index (χ0v) is 14.7. The first-order valence-corrected chi connectivity index (χ1v) is 8.75. The molecule has 1 aromatic carbocycles. The topological polar surface area (TPSA) is 49.4 Å². The van der Waals surface area contributed by atoms with Gasteiger partial charge in [-0.15, -0.1) is 0 Å². The zero-order valence-electron chi connectivity index (χ0n) is 14.7. The van der Waals surface area contributed by atoms with E-state index >= 15 is 0 Å². The van der Waals surface area contributed by atoms with Crippen LogP contribution in [0.1, 0.15) is 52.0 Å². The van der Waals surface area contributed by atoms with Crippen molar-refractivity contribution in [2.75, 3.05) is 13.1 Å². The van der Waals surface area contributed by atoms with Crippen LogP contribution in [0.4, 0.5) is 0 Å². The van der Waals surface area contributed by atoms with E-state index in [-0.39, 0.29) is 17.9 Å². The second-order valence-electron chi connectivity index (χ2n) is 5.74. The molecular weight excluding hydrogens is 288 g/mol. The average molecular weight is 318 g/mol. The van der Waals surface area contributed by atoms with E-state index in [9.17, 15) is 9.59 Å². The lowest BCUT2D eigenvalue weighted by Crippen LogP contribution is -2.50. The molecule has 0 aliphatic carbocycles. The molecule has 1 N–H and O–H groups in total. The molecule has 0 spiro atoms. The predicted molar refractivity (Wildman–Crippen MR) is 94.1 cm³/mol. The van der Waals surface area contributed by atoms with E-state index in [1.807, 2.05) is 32.0 Å². The molecule has 0 saturated carbocycles. The molecule has 1 unspecified atom stereocenters. The molecule has 0 aliphatic heterocycles. The molecule has 0 heterocycles. The fourth-order valence-electron chi connectivity index (χ4n) is 2.61. The molecule has 1 aromatic rings. The van der Waals surface area contributed by atoms with Crippen LogP contribution in [0.15, 0.2) is 30.3 Å². The monoisotopic (exact) mass is 318 g/mol. The van der Waals surface area contributed by atoms with Gasteiger partial charge < -0.3 is 10.2 Å². The normalized spacial score (nSPS) is 11.8. The summed E-state index contributed by atoms with van der Waals surface area (Å²) in [6.45, 7) is 7.16. The number of benzene rings is 1. The average Bonchev–Trinajstić information content (AvgIpc) is 2.58. The third-order valence-corrected chi connectivity index (χ3v) is 4.00. The van der Waals surface area contributed by atoms with Gasteiger partial charge in [0.15, 0.2) is 0 Å². The molecule has 0 aliphatic rings. The maximum absolute atomic E-state index is 12.4. The van der Waals surface area contributed by atoms with Crippen LogP contribution in [0, 0.1) is 0 Å². The van der Waals surface area contributed by atoms with Crippen molar-refractivity contribution in [1.82, 2.24) is 10.2 Å². The summed E-state index contributed by atoms with van der Waals surface area (Å²) in [5.41, 5.74) is 1.18. The lowest BCUT2D eigenvalue weighted by Gasteiger charge is -2.30. The van der Waals surface area contributed by atoms with Crippen molar-refractivity contribution in [2.45, 2.75) is 58.9 Å². The van der Waals surface area contributed by atoms with Gasteiger partial charge in [-0.1, -0.05) is 57.5 Å². The molecule has 0 fully saturated rings. The van der Waals surface area contributed by atoms with Gasteiger partial charge in [-0.2, -0.15) is 0 Å². The number of amides is 2. The SMILES string of the molecule is CCCCNC(=O)C(CC)N(CCc1ccccc1)C(=O)CC. The Bertz CT molecular complexity index is 474. The molecule has 0 radical (unpaired) electrons. The van der Waals surface area contributed by atoms with Gasteiger partial charge in [0.05, 0.1) is 0 Å². The van der Waals surface area contributed by atoms with Crippen molar-refractivity contribution in [1.29, 1.82) is 0 Å². The highest BCUT2D eigenvalue weighted by molar-refractivity contribution is 5.87. The highest BCUT2D eigenvalue weighted by Gasteiger charge is 2.26. The molecule has 0 bridgehead atoms. The number of hydrogen-bond acceptors (Lipinski definition) is 2. The number of rotatable bonds is 10. The molecule has 128 valence electrons. The van der Waals surface area contributed by atoms with Crippen LogP contribution in [0.3, 0.4) is 0 Å². The molecule has 0 saturated heterocycles. The number of unbranched alkanes of at least 4 members (excludes halogenated alkanes) is 1. The van der Waals surface area contributed by atoms with Crippen LogP contribution in [0.25, 0.3) is 0 Å². The molecule has 2 amide bonds. The van der Waals surface area contributed by atoms with E-state index < -0.39 is 0 Å². The van der Waals surface area contributed by atoms with Gasteiger partial charge in [-0.05, 0) is 24.8 Å². The van der Waals surface area contributed by atoms with Gasteiger partial charge >= 0.3 is 0 Å². The van der Waals surface area contributed by atoms with Crippen molar-refractivity contribution in [3.05, 3.63) is 35.9 Å². The smallest absolute Gasteiger partial charge is 0.242 e. The summed E-state index contributed by atoms with van der Waals surface area (Å²) in [6, 6.07) is 9.71. The number of carbonyl (C=O) groups is 2. The maximum atomic E-state index is 12.4. The lowest BCUT2D eigenvalue weighted by atomic mass is 10.1. The molecule has 23 heavy (non-hydrogen) atoms. The van der Waals surface area contributed by atoms with E-state index in [1.165, 1.54) is 5.56 Å². The number of nitrogens with zero attached hydrogens (tertiary/aromatic N) is 1. The largest absolute Gasteiger partial charge is 0.354 e. The summed E-state index contributed by atoms with van der Waals surface area (Å²) in [5.74, 6) is 0.00855. The third-order valence-electron chi connectivity index (χ3n) is 4.00. The predicted octanol–water partition coefficient (Wildman–Crippen LogP) is 3.16. The Labute approximate surface area is 140 Å². The quantitative estimate of drug-likeness (QED) is 0.674. The first-order chi connectivity index (χ1) is 11.1. The Balaban J connectivity index is 2.73. The van der Waals surface area contributed by atoms with Crippen LogP contribution in [-0.4, -0.2) is 35.8 Å². The zero-order chi connectivity index (χ0) is 17.1. The molecule has 4 nitrogen and oxygen atoms in total. The molecular formula is C19H30N2O2. The van der Waals surface area contributed by atoms with E-state index in [2.05, 4.69) is 24.4 Å². The highest BCUT2D eigenvalue weighted by atomic mass is 16.2. The Morgan fingerprint density at radius 1 is 1.13 bits per heavy atom. The van der Waals surface area contributed by atoms with Crippen LogP contribution in [0.5, 0.6) is 0 Å². The first kappa shape index (κ1) is 19.2.